The fourth-order valence-electron chi connectivity index (χ4n) is 2.93. The van der Waals surface area contributed by atoms with Gasteiger partial charge in [-0.2, -0.15) is 0 Å². The van der Waals surface area contributed by atoms with Crippen LogP contribution in [-0.2, 0) is 6.42 Å². The van der Waals surface area contributed by atoms with Gasteiger partial charge in [0.05, 0.1) is 12.3 Å². The summed E-state index contributed by atoms with van der Waals surface area (Å²) >= 11 is 0. The maximum atomic E-state index is 9.13. The Labute approximate surface area is 128 Å². The van der Waals surface area contributed by atoms with Crippen molar-refractivity contribution in [2.24, 2.45) is 11.1 Å². The average Bonchev–Trinajstić information content (AvgIpc) is 2.54. The van der Waals surface area contributed by atoms with Gasteiger partial charge in [0.25, 0.3) is 0 Å². The van der Waals surface area contributed by atoms with Crippen LogP contribution < -0.4 is 4.74 Å². The second-order valence-corrected chi connectivity index (χ2v) is 5.95. The molecular weight excluding hydrogens is 262 g/mol. The summed E-state index contributed by atoms with van der Waals surface area (Å²) < 4.78 is 5.98. The Hall–Kier alpha value is -1.51. The Morgan fingerprint density at radius 3 is 2.86 bits per heavy atom. The molecule has 2 rings (SSSR count). The molecular formula is C18H27NO2. The van der Waals surface area contributed by atoms with Crippen molar-refractivity contribution in [2.45, 2.75) is 58.8 Å². The molecule has 0 saturated carbocycles. The zero-order chi connectivity index (χ0) is 15.1. The molecule has 1 aliphatic carbocycles. The van der Waals surface area contributed by atoms with E-state index >= 15 is 0 Å². The number of hydrogen-bond donors (Lipinski definition) is 1. The molecule has 3 nitrogen and oxygen atoms in total. The Morgan fingerprint density at radius 2 is 2.14 bits per heavy atom. The van der Waals surface area contributed by atoms with Crippen LogP contribution in [0.4, 0.5) is 0 Å². The molecule has 1 unspecified atom stereocenters. The summed E-state index contributed by atoms with van der Waals surface area (Å²) in [6, 6.07) is 6.20. The minimum Gasteiger partial charge on any atom is -0.493 e. The van der Waals surface area contributed by atoms with Crippen LogP contribution in [0, 0.1) is 5.92 Å². The van der Waals surface area contributed by atoms with Crippen LogP contribution in [0.1, 0.15) is 63.5 Å². The standard InChI is InChI=1S/C18H27NO2/c1-3-5-7-14(4-2)13-21-16-11-10-15-8-6-9-18(19-20)17(15)12-16/h10-12,14,20H,3-9,13H2,1-2H3/b19-18-. The van der Waals surface area contributed by atoms with Crippen LogP contribution >= 0.6 is 0 Å². The number of hydrogen-bond acceptors (Lipinski definition) is 3. The van der Waals surface area contributed by atoms with Crippen LogP contribution in [0.15, 0.2) is 23.4 Å². The molecule has 0 fully saturated rings. The maximum absolute atomic E-state index is 9.13. The van der Waals surface area contributed by atoms with Crippen molar-refractivity contribution in [2.75, 3.05) is 6.61 Å². The first-order valence-corrected chi connectivity index (χ1v) is 8.25. The molecule has 0 heterocycles. The Kier molecular flexibility index (Phi) is 6.09. The molecule has 0 spiro atoms. The number of nitrogens with zero attached hydrogens (tertiary/aromatic N) is 1. The first-order chi connectivity index (χ1) is 10.3. The van der Waals surface area contributed by atoms with Crippen molar-refractivity contribution in [1.82, 2.24) is 0 Å². The molecule has 3 heteroatoms. The fraction of sp³-hybridized carbons (Fsp3) is 0.611. The Morgan fingerprint density at radius 1 is 1.29 bits per heavy atom. The van der Waals surface area contributed by atoms with E-state index in [0.29, 0.717) is 5.92 Å². The zero-order valence-electron chi connectivity index (χ0n) is 13.3. The summed E-state index contributed by atoms with van der Waals surface area (Å²) in [6.45, 7) is 5.24. The lowest BCUT2D eigenvalue weighted by atomic mass is 9.90. The largest absolute Gasteiger partial charge is 0.493 e. The number of ether oxygens (including phenoxy) is 1. The summed E-state index contributed by atoms with van der Waals surface area (Å²) in [7, 11) is 0. The summed E-state index contributed by atoms with van der Waals surface area (Å²) in [5.41, 5.74) is 3.11. The van der Waals surface area contributed by atoms with Gasteiger partial charge in [0.1, 0.15) is 5.75 Å². The van der Waals surface area contributed by atoms with E-state index in [2.05, 4.69) is 25.1 Å². The first-order valence-electron chi connectivity index (χ1n) is 8.25. The van der Waals surface area contributed by atoms with E-state index in [4.69, 9.17) is 9.94 Å². The van der Waals surface area contributed by atoms with Gasteiger partial charge in [-0.05, 0) is 49.3 Å². The molecule has 0 aromatic heterocycles. The van der Waals surface area contributed by atoms with Gasteiger partial charge >= 0.3 is 0 Å². The van der Waals surface area contributed by atoms with Crippen molar-refractivity contribution in [3.63, 3.8) is 0 Å². The van der Waals surface area contributed by atoms with Gasteiger partial charge in [0.15, 0.2) is 0 Å². The minimum atomic E-state index is 0.631. The number of fused-ring (bicyclic) bond motifs is 1. The van der Waals surface area contributed by atoms with Gasteiger partial charge in [-0.1, -0.05) is 44.3 Å². The van der Waals surface area contributed by atoms with Crippen LogP contribution in [-0.4, -0.2) is 17.5 Å². The van der Waals surface area contributed by atoms with Crippen molar-refractivity contribution < 1.29 is 9.94 Å². The molecule has 0 radical (unpaired) electrons. The summed E-state index contributed by atoms with van der Waals surface area (Å²) in [6.07, 6.45) is 7.87. The molecule has 1 N–H and O–H groups in total. The van der Waals surface area contributed by atoms with Gasteiger partial charge in [-0.15, -0.1) is 0 Å². The van der Waals surface area contributed by atoms with E-state index in [1.54, 1.807) is 0 Å². The quantitative estimate of drug-likeness (QED) is 0.579. The molecule has 21 heavy (non-hydrogen) atoms. The van der Waals surface area contributed by atoms with Crippen LogP contribution in [0.2, 0.25) is 0 Å². The Balaban J connectivity index is 2.01. The van der Waals surface area contributed by atoms with Gasteiger partial charge in [0.2, 0.25) is 0 Å². The molecule has 0 saturated heterocycles. The predicted octanol–water partition coefficient (Wildman–Crippen LogP) is 4.80. The van der Waals surface area contributed by atoms with Crippen LogP contribution in [0.3, 0.4) is 0 Å². The second kappa shape index (κ2) is 8.06. The van der Waals surface area contributed by atoms with Gasteiger partial charge in [0, 0.05) is 5.56 Å². The zero-order valence-corrected chi connectivity index (χ0v) is 13.3. The lowest BCUT2D eigenvalue weighted by molar-refractivity contribution is 0.233. The highest BCUT2D eigenvalue weighted by Gasteiger charge is 2.17. The minimum absolute atomic E-state index is 0.631. The highest BCUT2D eigenvalue weighted by Crippen LogP contribution is 2.26. The third kappa shape index (κ3) is 4.23. The lowest BCUT2D eigenvalue weighted by Crippen LogP contribution is -2.14. The van der Waals surface area contributed by atoms with Crippen LogP contribution in [0.5, 0.6) is 5.75 Å². The van der Waals surface area contributed by atoms with E-state index < -0.39 is 0 Å². The van der Waals surface area contributed by atoms with E-state index in [1.165, 1.54) is 24.8 Å². The number of oxime groups is 1. The topological polar surface area (TPSA) is 41.8 Å². The summed E-state index contributed by atoms with van der Waals surface area (Å²) in [5, 5.41) is 12.6. The molecule has 1 aromatic carbocycles. The van der Waals surface area contributed by atoms with Crippen molar-refractivity contribution in [3.8, 4) is 5.75 Å². The van der Waals surface area contributed by atoms with Crippen LogP contribution in [0.25, 0.3) is 0 Å². The number of rotatable bonds is 7. The maximum Gasteiger partial charge on any atom is 0.119 e. The van der Waals surface area contributed by atoms with Crippen molar-refractivity contribution in [3.05, 3.63) is 29.3 Å². The Bertz CT molecular complexity index is 482. The third-order valence-electron chi connectivity index (χ3n) is 4.40. The second-order valence-electron chi connectivity index (χ2n) is 5.95. The molecule has 1 aliphatic rings. The number of benzene rings is 1. The highest BCUT2D eigenvalue weighted by molar-refractivity contribution is 6.02. The normalized spacial score (nSPS) is 17.5. The third-order valence-corrected chi connectivity index (χ3v) is 4.40. The molecule has 1 atom stereocenters. The summed E-state index contributed by atoms with van der Waals surface area (Å²) in [5.74, 6) is 1.53. The van der Waals surface area contributed by atoms with E-state index in [0.717, 1.165) is 49.3 Å². The van der Waals surface area contributed by atoms with Gasteiger partial charge < -0.3 is 9.94 Å². The smallest absolute Gasteiger partial charge is 0.119 e. The van der Waals surface area contributed by atoms with Crippen molar-refractivity contribution in [1.29, 1.82) is 0 Å². The molecule has 0 bridgehead atoms. The molecule has 116 valence electrons. The van der Waals surface area contributed by atoms with E-state index in [-0.39, 0.29) is 0 Å². The molecule has 0 aliphatic heterocycles. The highest BCUT2D eigenvalue weighted by atomic mass is 16.5. The SMILES string of the molecule is CCCCC(CC)COc1ccc2c(c1)/C(=N\O)CCC2. The first kappa shape index (κ1) is 15.9. The summed E-state index contributed by atoms with van der Waals surface area (Å²) in [4.78, 5) is 0. The molecule has 0 amide bonds. The van der Waals surface area contributed by atoms with E-state index in [1.807, 2.05) is 12.1 Å². The van der Waals surface area contributed by atoms with E-state index in [9.17, 15) is 0 Å². The fourth-order valence-corrected chi connectivity index (χ4v) is 2.93. The predicted molar refractivity (Wildman–Crippen MR) is 86.5 cm³/mol. The average molecular weight is 289 g/mol. The van der Waals surface area contributed by atoms with Gasteiger partial charge in [-0.25, -0.2) is 0 Å². The van der Waals surface area contributed by atoms with Crippen molar-refractivity contribution >= 4 is 5.71 Å². The monoisotopic (exact) mass is 289 g/mol. The molecule has 1 aromatic rings. The number of unbranched alkanes of at least 4 members (excludes halogenated alkanes) is 1. The van der Waals surface area contributed by atoms with Gasteiger partial charge in [-0.3, -0.25) is 0 Å². The lowest BCUT2D eigenvalue weighted by Gasteiger charge is -2.19. The number of aryl methyl sites for hydroxylation is 1.